The van der Waals surface area contributed by atoms with E-state index in [4.69, 9.17) is 0 Å². The molecule has 1 aromatic carbocycles. The number of rotatable bonds is 2. The minimum Gasteiger partial charge on any atom is -0.310 e. The quantitative estimate of drug-likeness (QED) is 0.825. The number of thioether (sulfide) groups is 2. The maximum absolute atomic E-state index is 12.3. The molecule has 0 unspecified atom stereocenters. The van der Waals surface area contributed by atoms with Gasteiger partial charge >= 0.3 is 0 Å². The van der Waals surface area contributed by atoms with Gasteiger partial charge in [-0.1, -0.05) is 32.9 Å². The van der Waals surface area contributed by atoms with Gasteiger partial charge in [0, 0.05) is 21.9 Å². The molecule has 0 fully saturated rings. The predicted molar refractivity (Wildman–Crippen MR) is 81.7 cm³/mol. The summed E-state index contributed by atoms with van der Waals surface area (Å²) in [7, 11) is 0. The molecule has 1 aromatic rings. The first-order valence-corrected chi connectivity index (χ1v) is 8.11. The Hall–Kier alpha value is -0.610. The molecule has 0 saturated heterocycles. The number of nitrogens with zero attached hydrogens (tertiary/aromatic N) is 1. The van der Waals surface area contributed by atoms with E-state index in [1.165, 1.54) is 4.90 Å². The largest absolute Gasteiger partial charge is 0.310 e. The van der Waals surface area contributed by atoms with Gasteiger partial charge in [-0.25, -0.2) is 0 Å². The van der Waals surface area contributed by atoms with Gasteiger partial charge in [0.25, 0.3) is 0 Å². The molecule has 1 aliphatic rings. The van der Waals surface area contributed by atoms with Crippen LogP contribution in [0.25, 0.3) is 0 Å². The third-order valence-electron chi connectivity index (χ3n) is 2.66. The second-order valence-electron chi connectivity index (χ2n) is 5.26. The molecule has 0 saturated carbocycles. The van der Waals surface area contributed by atoms with Gasteiger partial charge in [-0.15, -0.1) is 23.5 Å². The van der Waals surface area contributed by atoms with Gasteiger partial charge in [0.15, 0.2) is 0 Å². The number of para-hydroxylation sites is 1. The number of carbonyl (C=O) groups is 1. The third kappa shape index (κ3) is 3.45. The number of benzene rings is 1. The molecule has 18 heavy (non-hydrogen) atoms. The number of hydrogen-bond donors (Lipinski definition) is 0. The summed E-state index contributed by atoms with van der Waals surface area (Å²) in [4.78, 5) is 15.5. The van der Waals surface area contributed by atoms with E-state index >= 15 is 0 Å². The fraction of sp³-hybridized carbons (Fsp3) is 0.500. The summed E-state index contributed by atoms with van der Waals surface area (Å²) in [5.41, 5.74) is 1.08. The highest BCUT2D eigenvalue weighted by atomic mass is 32.2. The van der Waals surface area contributed by atoms with Crippen molar-refractivity contribution in [1.29, 1.82) is 0 Å². The first-order valence-electron chi connectivity index (χ1n) is 6.13. The first-order chi connectivity index (χ1) is 8.47. The molecular formula is C14H19NOS2. The van der Waals surface area contributed by atoms with E-state index in [1.54, 1.807) is 11.8 Å². The number of anilines is 1. The average Bonchev–Trinajstić information content (AvgIpc) is 2.34. The molecule has 0 spiro atoms. The zero-order chi connectivity index (χ0) is 13.2. The fourth-order valence-electron chi connectivity index (χ4n) is 1.78. The molecule has 0 N–H and O–H groups in total. The number of amides is 1. The average molecular weight is 281 g/mol. The third-order valence-corrected chi connectivity index (χ3v) is 4.96. The first kappa shape index (κ1) is 13.8. The predicted octanol–water partition coefficient (Wildman–Crippen LogP) is 3.66. The lowest BCUT2D eigenvalue weighted by atomic mass is 10.2. The minimum absolute atomic E-state index is 0.139. The van der Waals surface area contributed by atoms with E-state index in [-0.39, 0.29) is 10.7 Å². The molecule has 4 heteroatoms. The van der Waals surface area contributed by atoms with Crippen LogP contribution in [0.1, 0.15) is 20.8 Å². The topological polar surface area (TPSA) is 20.3 Å². The summed E-state index contributed by atoms with van der Waals surface area (Å²) < 4.78 is 0.139. The van der Waals surface area contributed by atoms with Crippen LogP contribution in [0.2, 0.25) is 0 Å². The Morgan fingerprint density at radius 3 is 2.83 bits per heavy atom. The molecular weight excluding hydrogens is 262 g/mol. The Morgan fingerprint density at radius 2 is 2.11 bits per heavy atom. The van der Waals surface area contributed by atoms with Gasteiger partial charge in [-0.05, 0) is 12.1 Å². The van der Waals surface area contributed by atoms with Crippen molar-refractivity contribution in [2.45, 2.75) is 30.4 Å². The van der Waals surface area contributed by atoms with E-state index in [0.29, 0.717) is 5.75 Å². The lowest BCUT2D eigenvalue weighted by Crippen LogP contribution is -2.37. The van der Waals surface area contributed by atoms with Gasteiger partial charge in [0.1, 0.15) is 0 Å². The number of hydrogen-bond acceptors (Lipinski definition) is 3. The Bertz CT molecular complexity index is 440. The highest BCUT2D eigenvalue weighted by Crippen LogP contribution is 2.35. The van der Waals surface area contributed by atoms with Gasteiger partial charge in [-0.2, -0.15) is 0 Å². The van der Waals surface area contributed by atoms with Crippen LogP contribution in [0.5, 0.6) is 0 Å². The van der Waals surface area contributed by atoms with Crippen molar-refractivity contribution in [1.82, 2.24) is 0 Å². The molecule has 1 amide bonds. The molecule has 0 atom stereocenters. The summed E-state index contributed by atoms with van der Waals surface area (Å²) in [6.07, 6.45) is 0. The summed E-state index contributed by atoms with van der Waals surface area (Å²) in [6.45, 7) is 7.26. The maximum atomic E-state index is 12.3. The molecule has 0 radical (unpaired) electrons. The number of fused-ring (bicyclic) bond motifs is 1. The van der Waals surface area contributed by atoms with Gasteiger partial charge in [0.2, 0.25) is 5.91 Å². The molecule has 2 rings (SSSR count). The molecule has 0 aromatic heterocycles. The Labute approximate surface area is 118 Å². The highest BCUT2D eigenvalue weighted by Gasteiger charge is 2.23. The highest BCUT2D eigenvalue weighted by molar-refractivity contribution is 8.01. The smallest absolute Gasteiger partial charge is 0.237 e. The van der Waals surface area contributed by atoms with Gasteiger partial charge in [0.05, 0.1) is 11.4 Å². The molecule has 0 bridgehead atoms. The van der Waals surface area contributed by atoms with Crippen molar-refractivity contribution in [2.75, 3.05) is 23.0 Å². The van der Waals surface area contributed by atoms with Crippen molar-refractivity contribution in [3.63, 3.8) is 0 Å². The van der Waals surface area contributed by atoms with Crippen LogP contribution in [0.15, 0.2) is 29.2 Å². The van der Waals surface area contributed by atoms with Crippen LogP contribution in [-0.4, -0.2) is 28.7 Å². The van der Waals surface area contributed by atoms with Crippen molar-refractivity contribution in [2.24, 2.45) is 0 Å². The van der Waals surface area contributed by atoms with E-state index in [9.17, 15) is 4.79 Å². The van der Waals surface area contributed by atoms with Crippen molar-refractivity contribution in [3.8, 4) is 0 Å². The number of carbonyl (C=O) groups excluding carboxylic acids is 1. The molecule has 1 aliphatic heterocycles. The van der Waals surface area contributed by atoms with E-state index in [1.807, 2.05) is 34.9 Å². The van der Waals surface area contributed by atoms with Crippen molar-refractivity contribution >= 4 is 35.1 Å². The van der Waals surface area contributed by atoms with Gasteiger partial charge < -0.3 is 4.90 Å². The molecule has 0 aliphatic carbocycles. The van der Waals surface area contributed by atoms with Crippen LogP contribution >= 0.6 is 23.5 Å². The fourth-order valence-corrected chi connectivity index (χ4v) is 3.49. The molecule has 98 valence electrons. The van der Waals surface area contributed by atoms with E-state index < -0.39 is 0 Å². The Kier molecular flexibility index (Phi) is 4.28. The zero-order valence-electron chi connectivity index (χ0n) is 11.1. The summed E-state index contributed by atoms with van der Waals surface area (Å²) in [5.74, 6) is 1.77. The Morgan fingerprint density at radius 1 is 1.39 bits per heavy atom. The van der Waals surface area contributed by atoms with E-state index in [2.05, 4.69) is 26.8 Å². The minimum atomic E-state index is 0.139. The second kappa shape index (κ2) is 5.57. The molecule has 1 heterocycles. The summed E-state index contributed by atoms with van der Waals surface area (Å²) in [6, 6.07) is 8.17. The molecule has 2 nitrogen and oxygen atoms in total. The van der Waals surface area contributed by atoms with Crippen LogP contribution in [0.3, 0.4) is 0 Å². The Balaban J connectivity index is 2.08. The van der Waals surface area contributed by atoms with Gasteiger partial charge in [-0.3, -0.25) is 4.79 Å². The normalized spacial score (nSPS) is 15.4. The second-order valence-corrected chi connectivity index (χ2v) is 8.20. The van der Waals surface area contributed by atoms with Crippen LogP contribution in [0.4, 0.5) is 5.69 Å². The standard InChI is InChI=1S/C14H19NOS2/c1-14(2,3)18-10-13(16)15-8-9-17-12-7-5-4-6-11(12)15/h4-7H,8-10H2,1-3H3. The lowest BCUT2D eigenvalue weighted by molar-refractivity contribution is -0.116. The van der Waals surface area contributed by atoms with E-state index in [0.717, 1.165) is 18.0 Å². The summed E-state index contributed by atoms with van der Waals surface area (Å²) >= 11 is 3.54. The summed E-state index contributed by atoms with van der Waals surface area (Å²) in [5, 5.41) is 0. The van der Waals surface area contributed by atoms with Crippen molar-refractivity contribution in [3.05, 3.63) is 24.3 Å². The van der Waals surface area contributed by atoms with Crippen LogP contribution < -0.4 is 4.90 Å². The maximum Gasteiger partial charge on any atom is 0.237 e. The zero-order valence-corrected chi connectivity index (χ0v) is 12.7. The monoisotopic (exact) mass is 281 g/mol. The SMILES string of the molecule is CC(C)(C)SCC(=O)N1CCSc2ccccc21. The van der Waals surface area contributed by atoms with Crippen molar-refractivity contribution < 1.29 is 4.79 Å². The van der Waals surface area contributed by atoms with Crippen LogP contribution in [0, 0.1) is 0 Å². The lowest BCUT2D eigenvalue weighted by Gasteiger charge is -2.29. The van der Waals surface area contributed by atoms with Crippen LogP contribution in [-0.2, 0) is 4.79 Å².